The summed E-state index contributed by atoms with van der Waals surface area (Å²) in [6.07, 6.45) is 4.26. The van der Waals surface area contributed by atoms with Gasteiger partial charge in [0.1, 0.15) is 10.8 Å². The quantitative estimate of drug-likeness (QED) is 0.692. The summed E-state index contributed by atoms with van der Waals surface area (Å²) in [5.41, 5.74) is 3.31. The SMILES string of the molecule is Cc1ccc(OCCc2nnc(NC(=O)Cc3cccnc3)s2)cc1C. The van der Waals surface area contributed by atoms with E-state index >= 15 is 0 Å². The van der Waals surface area contributed by atoms with E-state index in [4.69, 9.17) is 4.74 Å². The second kappa shape index (κ2) is 8.53. The number of aromatic nitrogens is 3. The summed E-state index contributed by atoms with van der Waals surface area (Å²) < 4.78 is 5.76. The lowest BCUT2D eigenvalue weighted by molar-refractivity contribution is -0.115. The number of hydrogen-bond donors (Lipinski definition) is 1. The molecular weight excluding hydrogens is 348 g/mol. The third-order valence-electron chi connectivity index (χ3n) is 3.86. The number of ether oxygens (including phenoxy) is 1. The lowest BCUT2D eigenvalue weighted by atomic mass is 10.1. The molecule has 1 aromatic carbocycles. The van der Waals surface area contributed by atoms with E-state index in [9.17, 15) is 4.79 Å². The first-order valence-corrected chi connectivity index (χ1v) is 9.13. The number of pyridine rings is 1. The molecule has 0 bridgehead atoms. The molecule has 0 aliphatic rings. The normalized spacial score (nSPS) is 10.5. The third kappa shape index (κ3) is 5.10. The van der Waals surface area contributed by atoms with E-state index in [1.54, 1.807) is 18.5 Å². The molecule has 26 heavy (non-hydrogen) atoms. The Balaban J connectivity index is 1.47. The minimum atomic E-state index is -0.132. The molecule has 134 valence electrons. The molecule has 0 saturated heterocycles. The topological polar surface area (TPSA) is 77.0 Å². The zero-order valence-corrected chi connectivity index (χ0v) is 15.5. The van der Waals surface area contributed by atoms with Gasteiger partial charge in [-0.25, -0.2) is 0 Å². The fourth-order valence-electron chi connectivity index (χ4n) is 2.32. The van der Waals surface area contributed by atoms with Gasteiger partial charge in [0.2, 0.25) is 11.0 Å². The van der Waals surface area contributed by atoms with Gasteiger partial charge >= 0.3 is 0 Å². The van der Waals surface area contributed by atoms with Gasteiger partial charge in [0.05, 0.1) is 13.0 Å². The van der Waals surface area contributed by atoms with Crippen LogP contribution < -0.4 is 10.1 Å². The molecule has 0 unspecified atom stereocenters. The summed E-state index contributed by atoms with van der Waals surface area (Å²) in [4.78, 5) is 16.0. The number of hydrogen-bond acceptors (Lipinski definition) is 6. The van der Waals surface area contributed by atoms with Crippen LogP contribution in [0, 0.1) is 13.8 Å². The highest BCUT2D eigenvalue weighted by Gasteiger charge is 2.09. The first kappa shape index (κ1) is 18.0. The van der Waals surface area contributed by atoms with Crippen molar-refractivity contribution in [2.45, 2.75) is 26.7 Å². The van der Waals surface area contributed by atoms with Crippen LogP contribution in [0.5, 0.6) is 5.75 Å². The van der Waals surface area contributed by atoms with Crippen LogP contribution in [0.25, 0.3) is 0 Å². The molecule has 0 atom stereocenters. The van der Waals surface area contributed by atoms with Crippen molar-refractivity contribution >= 4 is 22.4 Å². The minimum absolute atomic E-state index is 0.132. The number of anilines is 1. The summed E-state index contributed by atoms with van der Waals surface area (Å²) in [6.45, 7) is 4.65. The predicted molar refractivity (Wildman–Crippen MR) is 102 cm³/mol. The maximum absolute atomic E-state index is 12.0. The Bertz CT molecular complexity index is 880. The molecular formula is C19H20N4O2S. The van der Waals surface area contributed by atoms with E-state index in [2.05, 4.69) is 34.3 Å². The molecule has 1 amide bonds. The van der Waals surface area contributed by atoms with Crippen molar-refractivity contribution in [2.75, 3.05) is 11.9 Å². The van der Waals surface area contributed by atoms with Gasteiger partial charge in [-0.2, -0.15) is 0 Å². The molecule has 0 radical (unpaired) electrons. The molecule has 0 fully saturated rings. The molecule has 0 aliphatic carbocycles. The van der Waals surface area contributed by atoms with Crippen LogP contribution >= 0.6 is 11.3 Å². The standard InChI is InChI=1S/C19H20N4O2S/c1-13-5-6-16(10-14(13)2)25-9-7-18-22-23-19(26-18)21-17(24)11-15-4-3-8-20-12-15/h3-6,8,10,12H,7,9,11H2,1-2H3,(H,21,23,24). The molecule has 7 heteroatoms. The van der Waals surface area contributed by atoms with E-state index < -0.39 is 0 Å². The number of nitrogens with one attached hydrogen (secondary N) is 1. The first-order chi connectivity index (χ1) is 12.6. The largest absolute Gasteiger partial charge is 0.493 e. The Morgan fingerprint density at radius 3 is 2.85 bits per heavy atom. The molecule has 0 spiro atoms. The first-order valence-electron chi connectivity index (χ1n) is 8.31. The second-order valence-electron chi connectivity index (χ2n) is 5.93. The maximum atomic E-state index is 12.0. The number of carbonyl (C=O) groups is 1. The number of benzene rings is 1. The Morgan fingerprint density at radius 2 is 2.08 bits per heavy atom. The lowest BCUT2D eigenvalue weighted by Crippen LogP contribution is -2.14. The van der Waals surface area contributed by atoms with E-state index in [0.29, 0.717) is 18.2 Å². The van der Waals surface area contributed by atoms with Crippen molar-refractivity contribution < 1.29 is 9.53 Å². The van der Waals surface area contributed by atoms with E-state index in [-0.39, 0.29) is 12.3 Å². The maximum Gasteiger partial charge on any atom is 0.230 e. The van der Waals surface area contributed by atoms with Crippen LogP contribution in [-0.4, -0.2) is 27.7 Å². The van der Waals surface area contributed by atoms with Gasteiger partial charge in [-0.1, -0.05) is 23.5 Å². The molecule has 2 heterocycles. The Labute approximate surface area is 156 Å². The molecule has 1 N–H and O–H groups in total. The van der Waals surface area contributed by atoms with Crippen LogP contribution in [0.1, 0.15) is 21.7 Å². The van der Waals surface area contributed by atoms with Crippen LogP contribution in [0.15, 0.2) is 42.7 Å². The van der Waals surface area contributed by atoms with Gasteiger partial charge in [-0.05, 0) is 48.7 Å². The summed E-state index contributed by atoms with van der Waals surface area (Å²) in [5, 5.41) is 12.2. The molecule has 2 aromatic heterocycles. The van der Waals surface area contributed by atoms with Crippen molar-refractivity contribution in [3.8, 4) is 5.75 Å². The smallest absolute Gasteiger partial charge is 0.230 e. The average Bonchev–Trinajstić information content (AvgIpc) is 3.06. The summed E-state index contributed by atoms with van der Waals surface area (Å²) in [5.74, 6) is 0.717. The summed E-state index contributed by atoms with van der Waals surface area (Å²) >= 11 is 1.36. The van der Waals surface area contributed by atoms with Crippen molar-refractivity contribution in [3.05, 3.63) is 64.4 Å². The fraction of sp³-hybridized carbons (Fsp3) is 0.263. The molecule has 0 aliphatic heterocycles. The summed E-state index contributed by atoms with van der Waals surface area (Å²) in [6, 6.07) is 9.71. The van der Waals surface area contributed by atoms with Crippen LogP contribution in [0.4, 0.5) is 5.13 Å². The number of aryl methyl sites for hydroxylation is 2. The molecule has 6 nitrogen and oxygen atoms in total. The Kier molecular flexibility index (Phi) is 5.91. The van der Waals surface area contributed by atoms with Crippen LogP contribution in [-0.2, 0) is 17.6 Å². The highest BCUT2D eigenvalue weighted by molar-refractivity contribution is 7.15. The van der Waals surface area contributed by atoms with Gasteiger partial charge in [-0.15, -0.1) is 10.2 Å². The van der Waals surface area contributed by atoms with Crippen molar-refractivity contribution in [2.24, 2.45) is 0 Å². The van der Waals surface area contributed by atoms with Gasteiger partial charge < -0.3 is 10.1 Å². The van der Waals surface area contributed by atoms with E-state index in [1.165, 1.54) is 22.5 Å². The van der Waals surface area contributed by atoms with E-state index in [0.717, 1.165) is 16.3 Å². The molecule has 0 saturated carbocycles. The van der Waals surface area contributed by atoms with Gasteiger partial charge in [-0.3, -0.25) is 9.78 Å². The minimum Gasteiger partial charge on any atom is -0.493 e. The third-order valence-corrected chi connectivity index (χ3v) is 4.76. The summed E-state index contributed by atoms with van der Waals surface area (Å²) in [7, 11) is 0. The van der Waals surface area contributed by atoms with Crippen molar-refractivity contribution in [1.29, 1.82) is 0 Å². The number of rotatable bonds is 7. The molecule has 3 aromatic rings. The van der Waals surface area contributed by atoms with Gasteiger partial charge in [0.25, 0.3) is 0 Å². The average molecular weight is 368 g/mol. The fourth-order valence-corrected chi connectivity index (χ4v) is 3.05. The number of nitrogens with zero attached hydrogens (tertiary/aromatic N) is 3. The number of carbonyl (C=O) groups excluding carboxylic acids is 1. The van der Waals surface area contributed by atoms with Gasteiger partial charge in [0, 0.05) is 18.8 Å². The second-order valence-corrected chi connectivity index (χ2v) is 6.99. The highest BCUT2D eigenvalue weighted by atomic mass is 32.1. The van der Waals surface area contributed by atoms with Crippen LogP contribution in [0.3, 0.4) is 0 Å². The van der Waals surface area contributed by atoms with E-state index in [1.807, 2.05) is 24.3 Å². The van der Waals surface area contributed by atoms with Crippen molar-refractivity contribution in [1.82, 2.24) is 15.2 Å². The van der Waals surface area contributed by atoms with Crippen LogP contribution in [0.2, 0.25) is 0 Å². The zero-order valence-electron chi connectivity index (χ0n) is 14.7. The molecule has 3 rings (SSSR count). The zero-order chi connectivity index (χ0) is 18.4. The highest BCUT2D eigenvalue weighted by Crippen LogP contribution is 2.19. The van der Waals surface area contributed by atoms with Gasteiger partial charge in [0.15, 0.2) is 0 Å². The monoisotopic (exact) mass is 368 g/mol. The Morgan fingerprint density at radius 1 is 1.19 bits per heavy atom. The lowest BCUT2D eigenvalue weighted by Gasteiger charge is -2.07. The Hall–Kier alpha value is -2.80. The van der Waals surface area contributed by atoms with Crippen molar-refractivity contribution in [3.63, 3.8) is 0 Å². The predicted octanol–water partition coefficient (Wildman–Crippen LogP) is 3.35. The number of amides is 1.